The molecule has 0 saturated carbocycles. The lowest BCUT2D eigenvalue weighted by Crippen LogP contribution is -2.37. The highest BCUT2D eigenvalue weighted by molar-refractivity contribution is 8.00. The number of nitrogens with one attached hydrogen (secondary N) is 1. The van der Waals surface area contributed by atoms with Crippen LogP contribution in [0.1, 0.15) is 37.3 Å². The average molecular weight is 427 g/mol. The molecule has 1 N–H and O–H groups in total. The quantitative estimate of drug-likeness (QED) is 0.671. The van der Waals surface area contributed by atoms with Crippen LogP contribution in [0.25, 0.3) is 0 Å². The van der Waals surface area contributed by atoms with E-state index in [2.05, 4.69) is 41.4 Å². The lowest BCUT2D eigenvalue weighted by Gasteiger charge is -2.33. The van der Waals surface area contributed by atoms with Crippen molar-refractivity contribution in [3.8, 4) is 11.5 Å². The topological polar surface area (TPSA) is 50.8 Å². The number of benzene rings is 2. The summed E-state index contributed by atoms with van der Waals surface area (Å²) in [6.07, 6.45) is 3.88. The Balaban J connectivity index is 1.29. The molecule has 1 amide bonds. The summed E-state index contributed by atoms with van der Waals surface area (Å²) in [7, 11) is 0. The molecule has 5 nitrogen and oxygen atoms in total. The maximum atomic E-state index is 12.4. The van der Waals surface area contributed by atoms with Crippen LogP contribution >= 0.6 is 11.8 Å². The predicted molar refractivity (Wildman–Crippen MR) is 120 cm³/mol. The molecular weight excluding hydrogens is 396 g/mol. The second kappa shape index (κ2) is 10.2. The van der Waals surface area contributed by atoms with E-state index >= 15 is 0 Å². The van der Waals surface area contributed by atoms with Gasteiger partial charge in [0, 0.05) is 24.0 Å². The number of hydrogen-bond acceptors (Lipinski definition) is 5. The Morgan fingerprint density at radius 1 is 1.10 bits per heavy atom. The SMILES string of the molecule is CC1CCCCN1Cc1ccccc1CNC(=O)CSc1ccc2c(c1)OCCO2. The summed E-state index contributed by atoms with van der Waals surface area (Å²) >= 11 is 1.51. The van der Waals surface area contributed by atoms with Gasteiger partial charge in [0.15, 0.2) is 11.5 Å². The maximum absolute atomic E-state index is 12.4. The van der Waals surface area contributed by atoms with Crippen molar-refractivity contribution in [1.82, 2.24) is 10.2 Å². The molecule has 2 aromatic carbocycles. The summed E-state index contributed by atoms with van der Waals surface area (Å²) in [5, 5.41) is 3.09. The van der Waals surface area contributed by atoms with E-state index in [1.165, 1.54) is 42.2 Å². The molecule has 160 valence electrons. The second-order valence-corrected chi connectivity index (χ2v) is 9.00. The molecule has 2 aliphatic rings. The lowest BCUT2D eigenvalue weighted by molar-refractivity contribution is -0.118. The van der Waals surface area contributed by atoms with Crippen molar-refractivity contribution < 1.29 is 14.3 Å². The molecule has 1 fully saturated rings. The number of thioether (sulfide) groups is 1. The molecule has 0 spiro atoms. The van der Waals surface area contributed by atoms with Crippen LogP contribution in [0, 0.1) is 0 Å². The van der Waals surface area contributed by atoms with Crippen LogP contribution in [-0.4, -0.2) is 42.4 Å². The highest BCUT2D eigenvalue weighted by Crippen LogP contribution is 2.34. The van der Waals surface area contributed by atoms with E-state index in [4.69, 9.17) is 9.47 Å². The van der Waals surface area contributed by atoms with Crippen LogP contribution in [0.15, 0.2) is 47.4 Å². The number of piperidine rings is 1. The molecule has 1 saturated heterocycles. The van der Waals surface area contributed by atoms with Gasteiger partial charge in [-0.25, -0.2) is 0 Å². The van der Waals surface area contributed by atoms with Gasteiger partial charge in [-0.3, -0.25) is 9.69 Å². The molecule has 6 heteroatoms. The van der Waals surface area contributed by atoms with Crippen molar-refractivity contribution in [2.75, 3.05) is 25.5 Å². The fraction of sp³-hybridized carbons (Fsp3) is 0.458. The predicted octanol–water partition coefficient (Wildman–Crippen LogP) is 4.24. The minimum absolute atomic E-state index is 0.0380. The van der Waals surface area contributed by atoms with Gasteiger partial charge in [-0.2, -0.15) is 0 Å². The molecule has 4 rings (SSSR count). The van der Waals surface area contributed by atoms with Crippen LogP contribution in [0.4, 0.5) is 0 Å². The molecular formula is C24H30N2O3S. The van der Waals surface area contributed by atoms with Crippen LogP contribution < -0.4 is 14.8 Å². The third-order valence-corrected chi connectivity index (χ3v) is 6.79. The minimum atomic E-state index is 0.0380. The smallest absolute Gasteiger partial charge is 0.230 e. The zero-order chi connectivity index (χ0) is 20.8. The van der Waals surface area contributed by atoms with E-state index in [9.17, 15) is 4.79 Å². The summed E-state index contributed by atoms with van der Waals surface area (Å²) in [5.41, 5.74) is 2.51. The Labute approximate surface area is 183 Å². The fourth-order valence-corrected chi connectivity index (χ4v) is 4.76. The maximum Gasteiger partial charge on any atom is 0.230 e. The standard InChI is InChI=1S/C24H30N2O3S/c1-18-6-4-5-11-26(18)16-20-8-3-2-7-19(20)15-25-24(27)17-30-21-9-10-22-23(14-21)29-13-12-28-22/h2-3,7-10,14,18H,4-6,11-13,15-17H2,1H3,(H,25,27). The van der Waals surface area contributed by atoms with Gasteiger partial charge in [0.1, 0.15) is 13.2 Å². The van der Waals surface area contributed by atoms with Gasteiger partial charge >= 0.3 is 0 Å². The number of carbonyl (C=O) groups is 1. The van der Waals surface area contributed by atoms with Crippen molar-refractivity contribution in [1.29, 1.82) is 0 Å². The van der Waals surface area contributed by atoms with Crippen molar-refractivity contribution in [2.24, 2.45) is 0 Å². The number of nitrogens with zero attached hydrogens (tertiary/aromatic N) is 1. The van der Waals surface area contributed by atoms with E-state index in [0.717, 1.165) is 29.5 Å². The van der Waals surface area contributed by atoms with Crippen LogP contribution in [0.3, 0.4) is 0 Å². The fourth-order valence-electron chi connectivity index (χ4n) is 4.00. The van der Waals surface area contributed by atoms with Gasteiger partial charge in [0.2, 0.25) is 5.91 Å². The van der Waals surface area contributed by atoms with E-state index < -0.39 is 0 Å². The molecule has 30 heavy (non-hydrogen) atoms. The summed E-state index contributed by atoms with van der Waals surface area (Å²) in [6.45, 7) is 6.15. The lowest BCUT2D eigenvalue weighted by atomic mass is 10.0. The minimum Gasteiger partial charge on any atom is -0.486 e. The largest absolute Gasteiger partial charge is 0.486 e. The molecule has 2 aliphatic heterocycles. The number of ether oxygens (including phenoxy) is 2. The first-order chi connectivity index (χ1) is 14.7. The van der Waals surface area contributed by atoms with E-state index in [0.29, 0.717) is 31.6 Å². The van der Waals surface area contributed by atoms with Crippen molar-refractivity contribution in [3.05, 3.63) is 53.6 Å². The molecule has 1 unspecified atom stereocenters. The second-order valence-electron chi connectivity index (χ2n) is 7.95. The summed E-state index contributed by atoms with van der Waals surface area (Å²) in [5.74, 6) is 1.95. The van der Waals surface area contributed by atoms with Gasteiger partial charge < -0.3 is 14.8 Å². The van der Waals surface area contributed by atoms with Crippen LogP contribution in [-0.2, 0) is 17.9 Å². The average Bonchev–Trinajstić information content (AvgIpc) is 2.78. The Bertz CT molecular complexity index is 873. The first-order valence-electron chi connectivity index (χ1n) is 10.8. The third kappa shape index (κ3) is 5.49. The Kier molecular flexibility index (Phi) is 7.18. The molecule has 0 bridgehead atoms. The van der Waals surface area contributed by atoms with E-state index in [1.807, 2.05) is 18.2 Å². The monoisotopic (exact) mass is 426 g/mol. The highest BCUT2D eigenvalue weighted by Gasteiger charge is 2.19. The summed E-state index contributed by atoms with van der Waals surface area (Å²) in [6, 6.07) is 14.9. The number of fused-ring (bicyclic) bond motifs is 1. The molecule has 0 aromatic heterocycles. The first kappa shape index (κ1) is 21.1. The Morgan fingerprint density at radius 2 is 1.90 bits per heavy atom. The molecule has 2 aromatic rings. The van der Waals surface area contributed by atoms with Gasteiger partial charge in [-0.1, -0.05) is 30.7 Å². The van der Waals surface area contributed by atoms with Gasteiger partial charge in [0.25, 0.3) is 0 Å². The number of rotatable bonds is 7. The van der Waals surface area contributed by atoms with E-state index in [-0.39, 0.29) is 5.91 Å². The normalized spacial score (nSPS) is 18.8. The van der Waals surface area contributed by atoms with Gasteiger partial charge in [-0.15, -0.1) is 11.8 Å². The Morgan fingerprint density at radius 3 is 2.73 bits per heavy atom. The highest BCUT2D eigenvalue weighted by atomic mass is 32.2. The zero-order valence-corrected chi connectivity index (χ0v) is 18.4. The molecule has 1 atom stereocenters. The zero-order valence-electron chi connectivity index (χ0n) is 17.6. The third-order valence-electron chi connectivity index (χ3n) is 5.79. The van der Waals surface area contributed by atoms with Crippen LogP contribution in [0.2, 0.25) is 0 Å². The number of carbonyl (C=O) groups excluding carboxylic acids is 1. The van der Waals surface area contributed by atoms with Crippen LogP contribution in [0.5, 0.6) is 11.5 Å². The Hall–Kier alpha value is -2.18. The number of amides is 1. The molecule has 2 heterocycles. The molecule has 0 radical (unpaired) electrons. The summed E-state index contributed by atoms with van der Waals surface area (Å²) in [4.78, 5) is 16.0. The molecule has 0 aliphatic carbocycles. The number of hydrogen-bond donors (Lipinski definition) is 1. The van der Waals surface area contributed by atoms with Gasteiger partial charge in [0.05, 0.1) is 5.75 Å². The van der Waals surface area contributed by atoms with Crippen molar-refractivity contribution in [2.45, 2.75) is 50.2 Å². The van der Waals surface area contributed by atoms with Gasteiger partial charge in [-0.05, 0) is 55.6 Å². The van der Waals surface area contributed by atoms with E-state index in [1.54, 1.807) is 0 Å². The van der Waals surface area contributed by atoms with Crippen molar-refractivity contribution >= 4 is 17.7 Å². The summed E-state index contributed by atoms with van der Waals surface area (Å²) < 4.78 is 11.2. The number of likely N-dealkylation sites (tertiary alicyclic amines) is 1. The first-order valence-corrected chi connectivity index (χ1v) is 11.8. The van der Waals surface area contributed by atoms with Crippen molar-refractivity contribution in [3.63, 3.8) is 0 Å².